The van der Waals surface area contributed by atoms with E-state index in [1.54, 1.807) is 0 Å². The van der Waals surface area contributed by atoms with E-state index in [2.05, 4.69) is 5.10 Å². The standard InChI is InChI=1S/C14H20N2O4/c1-5-6-7-8(9-10(17)12(19)11(9)18)13(20)16(15-7)14(2,3)4/h9-10,15,17H,5-6H2,1-4H3. The Hall–Kier alpha value is -1.69. The maximum Gasteiger partial charge on any atom is 0.271 e. The van der Waals surface area contributed by atoms with E-state index in [-0.39, 0.29) is 11.1 Å². The van der Waals surface area contributed by atoms with Crippen LogP contribution in [0.4, 0.5) is 0 Å². The van der Waals surface area contributed by atoms with Crippen LogP contribution in [0.2, 0.25) is 0 Å². The van der Waals surface area contributed by atoms with E-state index in [0.29, 0.717) is 12.1 Å². The van der Waals surface area contributed by atoms with Crippen LogP contribution in [0.3, 0.4) is 0 Å². The van der Waals surface area contributed by atoms with Gasteiger partial charge in [-0.05, 0) is 27.2 Å². The summed E-state index contributed by atoms with van der Waals surface area (Å²) in [6, 6.07) is 0. The SMILES string of the molecule is CCCc1[nH]n(C(C)(C)C)c(=O)c1C1C(=O)C(=O)C1O. The normalized spacial score (nSPS) is 23.1. The number of ketones is 2. The van der Waals surface area contributed by atoms with Crippen molar-refractivity contribution in [3.8, 4) is 0 Å². The van der Waals surface area contributed by atoms with Gasteiger partial charge in [0.2, 0.25) is 11.6 Å². The predicted molar refractivity (Wildman–Crippen MR) is 72.8 cm³/mol. The smallest absolute Gasteiger partial charge is 0.271 e. The molecule has 0 aliphatic heterocycles. The van der Waals surface area contributed by atoms with Gasteiger partial charge in [-0.1, -0.05) is 13.3 Å². The summed E-state index contributed by atoms with van der Waals surface area (Å²) in [6.45, 7) is 7.57. The van der Waals surface area contributed by atoms with Crippen LogP contribution in [0.1, 0.15) is 51.3 Å². The Morgan fingerprint density at radius 1 is 1.20 bits per heavy atom. The number of hydrogen-bond acceptors (Lipinski definition) is 4. The fraction of sp³-hybridized carbons (Fsp3) is 0.643. The number of carbonyl (C=O) groups excluding carboxylic acids is 2. The van der Waals surface area contributed by atoms with Gasteiger partial charge in [-0.15, -0.1) is 0 Å². The summed E-state index contributed by atoms with van der Waals surface area (Å²) in [4.78, 5) is 35.4. The Bertz CT molecular complexity index is 618. The van der Waals surface area contributed by atoms with Gasteiger partial charge in [-0.2, -0.15) is 0 Å². The third-order valence-corrected chi connectivity index (χ3v) is 3.60. The zero-order valence-corrected chi connectivity index (χ0v) is 12.2. The van der Waals surface area contributed by atoms with Gasteiger partial charge in [0.25, 0.3) is 5.56 Å². The van der Waals surface area contributed by atoms with Crippen molar-refractivity contribution in [3.63, 3.8) is 0 Å². The lowest BCUT2D eigenvalue weighted by Crippen LogP contribution is -2.52. The summed E-state index contributed by atoms with van der Waals surface area (Å²) in [6.07, 6.45) is 0.00967. The van der Waals surface area contributed by atoms with Gasteiger partial charge >= 0.3 is 0 Å². The number of aromatic nitrogens is 2. The second kappa shape index (κ2) is 4.70. The zero-order chi connectivity index (χ0) is 15.2. The number of aromatic amines is 1. The van der Waals surface area contributed by atoms with Gasteiger partial charge in [0.15, 0.2) is 0 Å². The van der Waals surface area contributed by atoms with Crippen molar-refractivity contribution in [3.05, 3.63) is 21.6 Å². The molecule has 0 aromatic carbocycles. The molecule has 2 rings (SSSR count). The molecule has 1 aromatic heterocycles. The third-order valence-electron chi connectivity index (χ3n) is 3.60. The minimum absolute atomic E-state index is 0.249. The molecule has 110 valence electrons. The largest absolute Gasteiger partial charge is 0.384 e. The summed E-state index contributed by atoms with van der Waals surface area (Å²) in [5.74, 6) is -2.48. The highest BCUT2D eigenvalue weighted by Gasteiger charge is 2.51. The lowest BCUT2D eigenvalue weighted by molar-refractivity contribution is -0.154. The first-order chi connectivity index (χ1) is 9.20. The zero-order valence-electron chi connectivity index (χ0n) is 12.2. The van der Waals surface area contributed by atoms with E-state index < -0.39 is 29.1 Å². The second-order valence-electron chi connectivity index (χ2n) is 6.22. The molecule has 2 unspecified atom stereocenters. The number of aryl methyl sites for hydroxylation is 1. The molecular weight excluding hydrogens is 260 g/mol. The molecule has 6 nitrogen and oxygen atoms in total. The fourth-order valence-corrected chi connectivity index (χ4v) is 2.52. The molecule has 1 aliphatic rings. The minimum atomic E-state index is -1.38. The van der Waals surface area contributed by atoms with Crippen molar-refractivity contribution >= 4 is 11.6 Å². The molecule has 0 amide bonds. The number of Topliss-reactive ketones (excluding diaryl/α,β-unsaturated/α-hetero) is 2. The number of aliphatic hydroxyl groups is 1. The Labute approximate surface area is 116 Å². The molecule has 0 bridgehead atoms. The molecule has 1 fully saturated rings. The first-order valence-electron chi connectivity index (χ1n) is 6.80. The van der Waals surface area contributed by atoms with Gasteiger partial charge in [-0.25, -0.2) is 4.68 Å². The molecule has 1 aliphatic carbocycles. The molecule has 1 aromatic rings. The lowest BCUT2D eigenvalue weighted by atomic mass is 9.74. The van der Waals surface area contributed by atoms with Crippen molar-refractivity contribution < 1.29 is 14.7 Å². The van der Waals surface area contributed by atoms with Crippen molar-refractivity contribution in [2.45, 2.75) is 58.1 Å². The number of carbonyl (C=O) groups is 2. The number of nitrogens with one attached hydrogen (secondary N) is 1. The average Bonchev–Trinajstić information content (AvgIpc) is 2.68. The van der Waals surface area contributed by atoms with Crippen LogP contribution in [0.5, 0.6) is 0 Å². The molecular formula is C14H20N2O4. The highest BCUT2D eigenvalue weighted by molar-refractivity contribution is 6.48. The van der Waals surface area contributed by atoms with Crippen molar-refractivity contribution in [1.82, 2.24) is 9.78 Å². The van der Waals surface area contributed by atoms with Crippen molar-refractivity contribution in [1.29, 1.82) is 0 Å². The Morgan fingerprint density at radius 2 is 1.80 bits per heavy atom. The highest BCUT2D eigenvalue weighted by Crippen LogP contribution is 2.31. The molecule has 2 atom stereocenters. The summed E-state index contributed by atoms with van der Waals surface area (Å²) >= 11 is 0. The molecule has 0 spiro atoms. The number of H-pyrrole nitrogens is 1. The van der Waals surface area contributed by atoms with Gasteiger partial charge < -0.3 is 5.11 Å². The fourth-order valence-electron chi connectivity index (χ4n) is 2.52. The predicted octanol–water partition coefficient (Wildman–Crippen LogP) is 0.480. The molecule has 0 saturated heterocycles. The Kier molecular flexibility index (Phi) is 3.46. The van der Waals surface area contributed by atoms with E-state index in [9.17, 15) is 19.5 Å². The summed E-state index contributed by atoms with van der Waals surface area (Å²) in [7, 11) is 0. The summed E-state index contributed by atoms with van der Waals surface area (Å²) in [5, 5.41) is 12.7. The van der Waals surface area contributed by atoms with Crippen LogP contribution in [0, 0.1) is 0 Å². The monoisotopic (exact) mass is 280 g/mol. The van der Waals surface area contributed by atoms with E-state index in [1.807, 2.05) is 27.7 Å². The van der Waals surface area contributed by atoms with Gasteiger partial charge in [0.05, 0.1) is 17.0 Å². The summed E-state index contributed by atoms with van der Waals surface area (Å²) in [5.41, 5.74) is 0.0987. The molecule has 2 N–H and O–H groups in total. The maximum absolute atomic E-state index is 12.5. The first kappa shape index (κ1) is 14.7. The van der Waals surface area contributed by atoms with Gasteiger partial charge in [0.1, 0.15) is 6.10 Å². The topological polar surface area (TPSA) is 92.2 Å². The summed E-state index contributed by atoms with van der Waals surface area (Å²) < 4.78 is 1.45. The first-order valence-corrected chi connectivity index (χ1v) is 6.80. The van der Waals surface area contributed by atoms with Crippen molar-refractivity contribution in [2.75, 3.05) is 0 Å². The quantitative estimate of drug-likeness (QED) is 0.788. The van der Waals surface area contributed by atoms with Crippen LogP contribution in [0.25, 0.3) is 0 Å². The van der Waals surface area contributed by atoms with Crippen LogP contribution in [-0.4, -0.2) is 32.6 Å². The Balaban J connectivity index is 2.57. The van der Waals surface area contributed by atoms with Crippen LogP contribution in [0.15, 0.2) is 4.79 Å². The third kappa shape index (κ3) is 2.04. The van der Waals surface area contributed by atoms with Gasteiger partial charge in [-0.3, -0.25) is 19.5 Å². The van der Waals surface area contributed by atoms with Gasteiger partial charge in [0, 0.05) is 5.69 Å². The number of aliphatic hydroxyl groups excluding tert-OH is 1. The molecule has 6 heteroatoms. The van der Waals surface area contributed by atoms with E-state index in [1.165, 1.54) is 4.68 Å². The number of nitrogens with zero attached hydrogens (tertiary/aromatic N) is 1. The minimum Gasteiger partial charge on any atom is -0.384 e. The second-order valence-corrected chi connectivity index (χ2v) is 6.22. The van der Waals surface area contributed by atoms with E-state index in [0.717, 1.165) is 6.42 Å². The molecule has 1 saturated carbocycles. The van der Waals surface area contributed by atoms with Crippen LogP contribution in [-0.2, 0) is 21.5 Å². The lowest BCUT2D eigenvalue weighted by Gasteiger charge is -2.28. The van der Waals surface area contributed by atoms with E-state index in [4.69, 9.17) is 0 Å². The Morgan fingerprint density at radius 3 is 2.25 bits per heavy atom. The average molecular weight is 280 g/mol. The number of hydrogen-bond donors (Lipinski definition) is 2. The van der Waals surface area contributed by atoms with E-state index >= 15 is 0 Å². The number of rotatable bonds is 3. The van der Waals surface area contributed by atoms with Crippen molar-refractivity contribution in [2.24, 2.45) is 0 Å². The highest BCUT2D eigenvalue weighted by atomic mass is 16.3. The molecule has 20 heavy (non-hydrogen) atoms. The maximum atomic E-state index is 12.5. The van der Waals surface area contributed by atoms with Crippen LogP contribution >= 0.6 is 0 Å². The van der Waals surface area contributed by atoms with Crippen LogP contribution < -0.4 is 5.56 Å². The molecule has 0 radical (unpaired) electrons. The molecule has 1 heterocycles.